The van der Waals surface area contributed by atoms with Gasteiger partial charge in [0, 0.05) is 12.8 Å². The molecule has 1 aliphatic heterocycles. The molecule has 142 valence electrons. The van der Waals surface area contributed by atoms with E-state index in [1.807, 2.05) is 34.6 Å². The van der Waals surface area contributed by atoms with E-state index in [0.717, 1.165) is 19.5 Å². The molecule has 2 N–H and O–H groups in total. The van der Waals surface area contributed by atoms with Crippen LogP contribution in [0.1, 0.15) is 81.6 Å². The normalized spacial score (nSPS) is 27.5. The van der Waals surface area contributed by atoms with Gasteiger partial charge < -0.3 is 10.2 Å². The Balaban J connectivity index is 0. The van der Waals surface area contributed by atoms with Crippen LogP contribution >= 0.6 is 0 Å². The van der Waals surface area contributed by atoms with Gasteiger partial charge in [0.05, 0.1) is 5.54 Å². The lowest BCUT2D eigenvalue weighted by atomic mass is 9.69. The Morgan fingerprint density at radius 3 is 1.48 bits per heavy atom. The van der Waals surface area contributed by atoms with Crippen molar-refractivity contribution in [2.75, 3.05) is 13.1 Å². The van der Waals surface area contributed by atoms with Crippen LogP contribution in [0.3, 0.4) is 0 Å². The maximum absolute atomic E-state index is 11.1. The Morgan fingerprint density at radius 2 is 1.30 bits per heavy atom. The molecule has 2 fully saturated rings. The van der Waals surface area contributed by atoms with E-state index < -0.39 is 17.2 Å². The monoisotopic (exact) mass is 339 g/mol. The molecule has 5 heteroatoms. The highest BCUT2D eigenvalue weighted by Gasteiger charge is 2.59. The smallest absolute Gasteiger partial charge is 0.248 e. The van der Waals surface area contributed by atoms with Gasteiger partial charge in [0.1, 0.15) is 0 Å². The van der Waals surface area contributed by atoms with Gasteiger partial charge in [-0.15, -0.1) is 0 Å². The maximum Gasteiger partial charge on any atom is 0.248 e. The summed E-state index contributed by atoms with van der Waals surface area (Å²) in [5.41, 5.74) is -0.629. The first-order chi connectivity index (χ1) is 10.4. The van der Waals surface area contributed by atoms with E-state index in [4.69, 9.17) is 0 Å². The molecule has 1 heterocycles. The van der Waals surface area contributed by atoms with Crippen LogP contribution in [-0.4, -0.2) is 45.5 Å². The minimum Gasteiger partial charge on any atom is -0.364 e. The molecule has 2 aliphatic rings. The lowest BCUT2D eigenvalue weighted by molar-refractivity contribution is -0.246. The van der Waals surface area contributed by atoms with E-state index in [1.165, 1.54) is 6.92 Å². The number of alkyl halides is 2. The topological polar surface area (TPSA) is 43.7 Å². The van der Waals surface area contributed by atoms with Gasteiger partial charge in [-0.05, 0) is 38.8 Å². The molecule has 1 atom stereocenters. The number of hydrogen-bond donors (Lipinski definition) is 2. The number of halogens is 2. The van der Waals surface area contributed by atoms with E-state index >= 15 is 0 Å². The molecule has 0 bridgehead atoms. The van der Waals surface area contributed by atoms with Crippen LogP contribution in [0.2, 0.25) is 0 Å². The van der Waals surface area contributed by atoms with Gasteiger partial charge in [0.2, 0.25) is 5.92 Å². The van der Waals surface area contributed by atoms with Crippen molar-refractivity contribution in [1.29, 1.82) is 0 Å². The summed E-state index contributed by atoms with van der Waals surface area (Å²) >= 11 is 0. The van der Waals surface area contributed by atoms with Crippen LogP contribution < -0.4 is 0 Å². The SMILES string of the molecule is CC.CC.CCN1CCC(C)(C)[C@]1(C)C(C)(O)O.FC1(F)CC1. The molecular formula is C18H39F2NO2. The van der Waals surface area contributed by atoms with E-state index in [1.54, 1.807) is 0 Å². The molecule has 23 heavy (non-hydrogen) atoms. The van der Waals surface area contributed by atoms with E-state index in [9.17, 15) is 19.0 Å². The van der Waals surface area contributed by atoms with Crippen molar-refractivity contribution < 1.29 is 19.0 Å². The third kappa shape index (κ3) is 6.28. The first-order valence-corrected chi connectivity index (χ1v) is 8.95. The molecule has 0 aromatic heterocycles. The molecule has 0 amide bonds. The largest absolute Gasteiger partial charge is 0.364 e. The second kappa shape index (κ2) is 9.28. The van der Waals surface area contributed by atoms with E-state index in [2.05, 4.69) is 25.7 Å². The zero-order valence-electron chi connectivity index (χ0n) is 16.6. The Hall–Kier alpha value is -0.260. The maximum atomic E-state index is 11.1. The fourth-order valence-electron chi connectivity index (χ4n) is 2.82. The van der Waals surface area contributed by atoms with Gasteiger partial charge in [-0.1, -0.05) is 48.5 Å². The summed E-state index contributed by atoms with van der Waals surface area (Å²) in [7, 11) is 0. The highest BCUT2D eigenvalue weighted by Crippen LogP contribution is 2.49. The molecule has 1 saturated carbocycles. The molecule has 2 rings (SSSR count). The zero-order valence-corrected chi connectivity index (χ0v) is 16.6. The Morgan fingerprint density at radius 1 is 0.957 bits per heavy atom. The molecule has 0 spiro atoms. The molecule has 0 unspecified atom stereocenters. The first kappa shape index (κ1) is 25.0. The molecular weight excluding hydrogens is 300 g/mol. The first-order valence-electron chi connectivity index (χ1n) is 8.95. The Bertz CT molecular complexity index is 321. The molecule has 0 radical (unpaired) electrons. The summed E-state index contributed by atoms with van der Waals surface area (Å²) in [6.45, 7) is 19.5. The number of hydrogen-bond acceptors (Lipinski definition) is 3. The van der Waals surface area contributed by atoms with Crippen molar-refractivity contribution in [3.05, 3.63) is 0 Å². The van der Waals surface area contributed by atoms with Crippen LogP contribution in [-0.2, 0) is 0 Å². The van der Waals surface area contributed by atoms with Gasteiger partial charge in [-0.3, -0.25) is 4.90 Å². The summed E-state index contributed by atoms with van der Waals surface area (Å²) < 4.78 is 22.3. The van der Waals surface area contributed by atoms with Gasteiger partial charge in [0.15, 0.2) is 5.79 Å². The quantitative estimate of drug-likeness (QED) is 0.719. The van der Waals surface area contributed by atoms with Gasteiger partial charge in [-0.2, -0.15) is 0 Å². The Labute approximate surface area is 142 Å². The summed E-state index contributed by atoms with van der Waals surface area (Å²) in [5.74, 6) is -3.90. The number of aliphatic hydroxyl groups is 2. The predicted molar refractivity (Wildman–Crippen MR) is 93.8 cm³/mol. The van der Waals surface area contributed by atoms with Crippen molar-refractivity contribution in [3.8, 4) is 0 Å². The average molecular weight is 340 g/mol. The summed E-state index contributed by atoms with van der Waals surface area (Å²) in [5, 5.41) is 19.9. The molecule has 0 aromatic rings. The minimum atomic E-state index is -2.25. The Kier molecular flexibility index (Phi) is 10.1. The average Bonchev–Trinajstić information content (AvgIpc) is 3.10. The number of likely N-dealkylation sites (N-methyl/N-ethyl adjacent to an activating group) is 1. The molecule has 1 aliphatic carbocycles. The molecule has 0 aromatic carbocycles. The van der Waals surface area contributed by atoms with Crippen molar-refractivity contribution in [2.24, 2.45) is 5.41 Å². The second-order valence-corrected chi connectivity index (χ2v) is 6.66. The number of likely N-dealkylation sites (tertiary alicyclic amines) is 1. The lowest BCUT2D eigenvalue weighted by Gasteiger charge is -2.50. The summed E-state index contributed by atoms with van der Waals surface area (Å²) in [4.78, 5) is 2.16. The van der Waals surface area contributed by atoms with Crippen molar-refractivity contribution in [1.82, 2.24) is 4.90 Å². The predicted octanol–water partition coefficient (Wildman–Crippen LogP) is 4.67. The van der Waals surface area contributed by atoms with Crippen LogP contribution in [0.4, 0.5) is 8.78 Å². The van der Waals surface area contributed by atoms with Crippen molar-refractivity contribution in [2.45, 2.75) is 98.8 Å². The highest BCUT2D eigenvalue weighted by molar-refractivity contribution is 5.09. The minimum absolute atomic E-state index is 0.0682. The summed E-state index contributed by atoms with van der Waals surface area (Å²) in [6.07, 6.45) is 1.24. The van der Waals surface area contributed by atoms with Gasteiger partial charge in [-0.25, -0.2) is 8.78 Å². The number of nitrogens with zero attached hydrogens (tertiary/aromatic N) is 1. The van der Waals surface area contributed by atoms with Crippen molar-refractivity contribution in [3.63, 3.8) is 0 Å². The fourth-order valence-corrected chi connectivity index (χ4v) is 2.82. The standard InChI is InChI=1S/C11H23NO2.C3H4F2.2C2H6/c1-6-12-8-7-9(2,3)10(12,4)11(5,13)14;4-3(5)1-2-3;2*1-2/h13-14H,6-8H2,1-5H3;1-2H2;2*1-2H3/t10-;;;/m1.../s1. The summed E-state index contributed by atoms with van der Waals surface area (Å²) in [6, 6.07) is 0. The van der Waals surface area contributed by atoms with Gasteiger partial charge in [0.25, 0.3) is 0 Å². The van der Waals surface area contributed by atoms with Crippen LogP contribution in [0, 0.1) is 5.41 Å². The second-order valence-electron chi connectivity index (χ2n) is 6.66. The third-order valence-corrected chi connectivity index (χ3v) is 4.89. The molecule has 1 saturated heterocycles. The van der Waals surface area contributed by atoms with Crippen molar-refractivity contribution >= 4 is 0 Å². The lowest BCUT2D eigenvalue weighted by Crippen LogP contribution is -2.64. The van der Waals surface area contributed by atoms with Crippen LogP contribution in [0.15, 0.2) is 0 Å². The van der Waals surface area contributed by atoms with Crippen LogP contribution in [0.5, 0.6) is 0 Å². The highest BCUT2D eigenvalue weighted by atomic mass is 19.3. The third-order valence-electron chi connectivity index (χ3n) is 4.89. The van der Waals surface area contributed by atoms with Crippen LogP contribution in [0.25, 0.3) is 0 Å². The van der Waals surface area contributed by atoms with Gasteiger partial charge >= 0.3 is 0 Å². The number of rotatable bonds is 2. The zero-order chi connectivity index (χ0) is 19.1. The fraction of sp³-hybridized carbons (Fsp3) is 1.00. The van der Waals surface area contributed by atoms with E-state index in [-0.39, 0.29) is 18.3 Å². The van der Waals surface area contributed by atoms with E-state index in [0.29, 0.717) is 0 Å². The molecule has 3 nitrogen and oxygen atoms in total.